The van der Waals surface area contributed by atoms with Gasteiger partial charge in [-0.25, -0.2) is 0 Å². The van der Waals surface area contributed by atoms with Crippen molar-refractivity contribution in [1.82, 2.24) is 10.3 Å². The molecule has 0 saturated carbocycles. The SMILES string of the molecule is CC(C)C(=O)C(NC(=O)c1ccnc2ccccc12)c1ccccc1. The molecule has 0 fully saturated rings. The van der Waals surface area contributed by atoms with Crippen LogP contribution in [0.1, 0.15) is 35.8 Å². The van der Waals surface area contributed by atoms with Crippen LogP contribution < -0.4 is 5.32 Å². The molecule has 1 amide bonds. The van der Waals surface area contributed by atoms with Crippen molar-refractivity contribution in [2.75, 3.05) is 0 Å². The van der Waals surface area contributed by atoms with Crippen molar-refractivity contribution in [2.45, 2.75) is 19.9 Å². The lowest BCUT2D eigenvalue weighted by atomic mass is 9.95. The smallest absolute Gasteiger partial charge is 0.252 e. The number of pyridine rings is 1. The first-order chi connectivity index (χ1) is 12.1. The number of amides is 1. The maximum absolute atomic E-state index is 12.9. The van der Waals surface area contributed by atoms with E-state index in [4.69, 9.17) is 0 Å². The van der Waals surface area contributed by atoms with Gasteiger partial charge in [0, 0.05) is 17.5 Å². The molecule has 0 saturated heterocycles. The molecule has 4 nitrogen and oxygen atoms in total. The molecule has 126 valence electrons. The Balaban J connectivity index is 1.96. The average Bonchev–Trinajstić information content (AvgIpc) is 2.65. The highest BCUT2D eigenvalue weighted by atomic mass is 16.2. The number of carbonyl (C=O) groups is 2. The van der Waals surface area contributed by atoms with Gasteiger partial charge < -0.3 is 5.32 Å². The highest BCUT2D eigenvalue weighted by molar-refractivity contribution is 6.07. The zero-order valence-corrected chi connectivity index (χ0v) is 14.3. The molecule has 0 radical (unpaired) electrons. The summed E-state index contributed by atoms with van der Waals surface area (Å²) in [5.41, 5.74) is 2.05. The minimum Gasteiger partial charge on any atom is -0.338 e. The second-order valence-corrected chi connectivity index (χ2v) is 6.25. The van der Waals surface area contributed by atoms with Crippen molar-refractivity contribution in [3.8, 4) is 0 Å². The first kappa shape index (κ1) is 16.8. The summed E-state index contributed by atoms with van der Waals surface area (Å²) in [6, 6.07) is 17.8. The molecule has 1 atom stereocenters. The highest BCUT2D eigenvalue weighted by Gasteiger charge is 2.25. The number of aromatic nitrogens is 1. The molecule has 0 aliphatic rings. The van der Waals surface area contributed by atoms with Gasteiger partial charge in [0.2, 0.25) is 0 Å². The number of hydrogen-bond donors (Lipinski definition) is 1. The molecule has 1 N–H and O–H groups in total. The minimum absolute atomic E-state index is 0.0158. The van der Waals surface area contributed by atoms with Gasteiger partial charge in [-0.3, -0.25) is 14.6 Å². The van der Waals surface area contributed by atoms with Gasteiger partial charge in [0.15, 0.2) is 5.78 Å². The summed E-state index contributed by atoms with van der Waals surface area (Å²) < 4.78 is 0. The summed E-state index contributed by atoms with van der Waals surface area (Å²) in [5, 5.41) is 3.68. The average molecular weight is 332 g/mol. The molecule has 0 aliphatic carbocycles. The molecule has 25 heavy (non-hydrogen) atoms. The van der Waals surface area contributed by atoms with E-state index in [1.807, 2.05) is 68.4 Å². The van der Waals surface area contributed by atoms with Gasteiger partial charge >= 0.3 is 0 Å². The molecule has 0 spiro atoms. The normalized spacial score (nSPS) is 12.1. The minimum atomic E-state index is -0.666. The van der Waals surface area contributed by atoms with Gasteiger partial charge in [0.05, 0.1) is 11.1 Å². The molecule has 3 rings (SSSR count). The molecule has 3 aromatic rings. The third kappa shape index (κ3) is 3.58. The molecular weight excluding hydrogens is 312 g/mol. The monoisotopic (exact) mass is 332 g/mol. The summed E-state index contributed by atoms with van der Waals surface area (Å²) in [4.78, 5) is 29.8. The number of fused-ring (bicyclic) bond motifs is 1. The van der Waals surface area contributed by atoms with E-state index in [9.17, 15) is 9.59 Å². The number of nitrogens with zero attached hydrogens (tertiary/aromatic N) is 1. The van der Waals surface area contributed by atoms with Gasteiger partial charge in [-0.1, -0.05) is 62.4 Å². The Kier molecular flexibility index (Phi) is 4.89. The van der Waals surface area contributed by atoms with Crippen LogP contribution in [0.4, 0.5) is 0 Å². The van der Waals surface area contributed by atoms with Crippen molar-refractivity contribution in [1.29, 1.82) is 0 Å². The van der Waals surface area contributed by atoms with Crippen LogP contribution >= 0.6 is 0 Å². The van der Waals surface area contributed by atoms with Crippen LogP contribution in [-0.4, -0.2) is 16.7 Å². The number of para-hydroxylation sites is 1. The van der Waals surface area contributed by atoms with Gasteiger partial charge in [-0.2, -0.15) is 0 Å². The van der Waals surface area contributed by atoms with E-state index in [0.717, 1.165) is 16.5 Å². The number of nitrogens with one attached hydrogen (secondary N) is 1. The first-order valence-electron chi connectivity index (χ1n) is 8.31. The van der Waals surface area contributed by atoms with Gasteiger partial charge in [-0.05, 0) is 17.7 Å². The number of benzene rings is 2. The Morgan fingerprint density at radius 1 is 0.920 bits per heavy atom. The Morgan fingerprint density at radius 3 is 2.32 bits per heavy atom. The van der Waals surface area contributed by atoms with Gasteiger partial charge in [-0.15, -0.1) is 0 Å². The lowest BCUT2D eigenvalue weighted by molar-refractivity contribution is -0.123. The van der Waals surface area contributed by atoms with Gasteiger partial charge in [0.25, 0.3) is 5.91 Å². The van der Waals surface area contributed by atoms with Crippen LogP contribution in [0.2, 0.25) is 0 Å². The summed E-state index contributed by atoms with van der Waals surface area (Å²) in [5.74, 6) is -0.473. The van der Waals surface area contributed by atoms with E-state index in [0.29, 0.717) is 5.56 Å². The highest BCUT2D eigenvalue weighted by Crippen LogP contribution is 2.21. The van der Waals surface area contributed by atoms with Crippen molar-refractivity contribution >= 4 is 22.6 Å². The molecule has 2 aromatic carbocycles. The predicted molar refractivity (Wildman–Crippen MR) is 98.2 cm³/mol. The lowest BCUT2D eigenvalue weighted by Gasteiger charge is -2.20. The van der Waals surface area contributed by atoms with Crippen LogP contribution in [0.5, 0.6) is 0 Å². The van der Waals surface area contributed by atoms with E-state index in [-0.39, 0.29) is 17.6 Å². The zero-order chi connectivity index (χ0) is 17.8. The van der Waals surface area contributed by atoms with Crippen LogP contribution in [0.15, 0.2) is 66.9 Å². The number of Topliss-reactive ketones (excluding diaryl/α,β-unsaturated/α-hetero) is 1. The second-order valence-electron chi connectivity index (χ2n) is 6.25. The number of rotatable bonds is 5. The van der Waals surface area contributed by atoms with E-state index < -0.39 is 6.04 Å². The fourth-order valence-corrected chi connectivity index (χ4v) is 2.80. The van der Waals surface area contributed by atoms with Crippen molar-refractivity contribution in [2.24, 2.45) is 5.92 Å². The summed E-state index contributed by atoms with van der Waals surface area (Å²) >= 11 is 0. The molecule has 4 heteroatoms. The van der Waals surface area contributed by atoms with E-state index in [2.05, 4.69) is 10.3 Å². The molecular formula is C21H20N2O2. The zero-order valence-electron chi connectivity index (χ0n) is 14.3. The summed E-state index contributed by atoms with van der Waals surface area (Å²) in [6.45, 7) is 3.68. The van der Waals surface area contributed by atoms with Gasteiger partial charge in [0.1, 0.15) is 6.04 Å². The van der Waals surface area contributed by atoms with Crippen LogP contribution in [-0.2, 0) is 4.79 Å². The quantitative estimate of drug-likeness (QED) is 0.770. The topological polar surface area (TPSA) is 59.1 Å². The predicted octanol–water partition coefficient (Wildman–Crippen LogP) is 3.93. The number of ketones is 1. The molecule has 0 aliphatic heterocycles. The molecule has 0 bridgehead atoms. The fraction of sp³-hybridized carbons (Fsp3) is 0.190. The van der Waals surface area contributed by atoms with Crippen molar-refractivity contribution < 1.29 is 9.59 Å². The Labute approximate surface area is 146 Å². The maximum atomic E-state index is 12.9. The van der Waals surface area contributed by atoms with Crippen LogP contribution in [0.25, 0.3) is 10.9 Å². The second kappa shape index (κ2) is 7.26. The fourth-order valence-electron chi connectivity index (χ4n) is 2.80. The molecule has 1 heterocycles. The van der Waals surface area contributed by atoms with Crippen LogP contribution in [0, 0.1) is 5.92 Å². The van der Waals surface area contributed by atoms with Crippen molar-refractivity contribution in [3.63, 3.8) is 0 Å². The third-order valence-electron chi connectivity index (χ3n) is 4.16. The summed E-state index contributed by atoms with van der Waals surface area (Å²) in [7, 11) is 0. The molecule has 1 aromatic heterocycles. The largest absolute Gasteiger partial charge is 0.338 e. The Hall–Kier alpha value is -3.01. The molecule has 1 unspecified atom stereocenters. The first-order valence-corrected chi connectivity index (χ1v) is 8.31. The van der Waals surface area contributed by atoms with E-state index in [1.165, 1.54) is 0 Å². The Morgan fingerprint density at radius 2 is 1.60 bits per heavy atom. The van der Waals surface area contributed by atoms with E-state index >= 15 is 0 Å². The lowest BCUT2D eigenvalue weighted by Crippen LogP contribution is -2.35. The van der Waals surface area contributed by atoms with Crippen molar-refractivity contribution in [3.05, 3.63) is 78.0 Å². The van der Waals surface area contributed by atoms with E-state index in [1.54, 1.807) is 12.3 Å². The Bertz CT molecular complexity index is 899. The van der Waals surface area contributed by atoms with Crippen LogP contribution in [0.3, 0.4) is 0 Å². The summed E-state index contributed by atoms with van der Waals surface area (Å²) in [6.07, 6.45) is 1.61. The maximum Gasteiger partial charge on any atom is 0.252 e. The standard InChI is InChI=1S/C21H20N2O2/c1-14(2)20(24)19(15-8-4-3-5-9-15)23-21(25)17-12-13-22-18-11-7-6-10-16(17)18/h3-14,19H,1-2H3,(H,23,25). The number of hydrogen-bond acceptors (Lipinski definition) is 3. The number of carbonyl (C=O) groups excluding carboxylic acids is 2. The third-order valence-corrected chi connectivity index (χ3v) is 4.16.